The summed E-state index contributed by atoms with van der Waals surface area (Å²) in [6.07, 6.45) is 0.886. The van der Waals surface area contributed by atoms with Crippen molar-refractivity contribution < 1.29 is 9.53 Å². The molecule has 0 aliphatic heterocycles. The molecule has 0 radical (unpaired) electrons. The summed E-state index contributed by atoms with van der Waals surface area (Å²) in [5.74, 6) is 0.159. The van der Waals surface area contributed by atoms with Crippen LogP contribution in [0.4, 0.5) is 0 Å². The fourth-order valence-electron chi connectivity index (χ4n) is 1.43. The number of thioether (sulfide) groups is 1. The monoisotopic (exact) mass is 267 g/mol. The maximum atomic E-state index is 11.5. The van der Waals surface area contributed by atoms with Crippen molar-refractivity contribution in [2.24, 2.45) is 5.73 Å². The summed E-state index contributed by atoms with van der Waals surface area (Å²) in [5, 5.41) is 0. The Hall–Kier alpha value is -1.00. The lowest BCUT2D eigenvalue weighted by Crippen LogP contribution is -2.24. The summed E-state index contributed by atoms with van der Waals surface area (Å²) in [6.45, 7) is 6.27. The molecule has 0 aliphatic rings. The average molecular weight is 267 g/mol. The molecule has 0 aromatic heterocycles. The first-order valence-electron chi connectivity index (χ1n) is 6.04. The van der Waals surface area contributed by atoms with Crippen LogP contribution >= 0.6 is 11.8 Å². The first-order chi connectivity index (χ1) is 8.40. The lowest BCUT2D eigenvalue weighted by molar-refractivity contribution is -0.151. The third-order valence-electron chi connectivity index (χ3n) is 2.13. The maximum absolute atomic E-state index is 11.5. The van der Waals surface area contributed by atoms with Crippen LogP contribution in [0.3, 0.4) is 0 Å². The van der Waals surface area contributed by atoms with Crippen LogP contribution in [0, 0.1) is 0 Å². The molecule has 1 aromatic carbocycles. The van der Waals surface area contributed by atoms with Gasteiger partial charge in [-0.3, -0.25) is 4.79 Å². The van der Waals surface area contributed by atoms with E-state index in [1.807, 2.05) is 45.0 Å². The Bertz CT molecular complexity index is 382. The van der Waals surface area contributed by atoms with Gasteiger partial charge in [-0.1, -0.05) is 12.1 Å². The van der Waals surface area contributed by atoms with Gasteiger partial charge in [0.05, 0.1) is 5.75 Å². The zero-order valence-electron chi connectivity index (χ0n) is 11.2. The smallest absolute Gasteiger partial charge is 0.316 e. The molecule has 0 fully saturated rings. The normalized spacial score (nSPS) is 11.3. The molecule has 100 valence electrons. The third kappa shape index (κ3) is 6.07. The molecule has 0 amide bonds. The van der Waals surface area contributed by atoms with Crippen LogP contribution in [0.25, 0.3) is 0 Å². The molecule has 18 heavy (non-hydrogen) atoms. The first kappa shape index (κ1) is 15.1. The van der Waals surface area contributed by atoms with E-state index in [1.165, 1.54) is 17.3 Å². The molecular weight excluding hydrogens is 246 g/mol. The second kappa shape index (κ2) is 6.81. The molecule has 0 unspecified atom stereocenters. The number of nitrogens with two attached hydrogens (primary N) is 1. The van der Waals surface area contributed by atoms with Crippen molar-refractivity contribution in [1.29, 1.82) is 0 Å². The summed E-state index contributed by atoms with van der Waals surface area (Å²) < 4.78 is 5.25. The number of esters is 1. The van der Waals surface area contributed by atoms with E-state index in [4.69, 9.17) is 10.5 Å². The highest BCUT2D eigenvalue weighted by atomic mass is 32.2. The third-order valence-corrected chi connectivity index (χ3v) is 3.12. The second-order valence-electron chi connectivity index (χ2n) is 5.06. The highest BCUT2D eigenvalue weighted by Gasteiger charge is 2.16. The Kier molecular flexibility index (Phi) is 5.69. The highest BCUT2D eigenvalue weighted by molar-refractivity contribution is 8.00. The Morgan fingerprint density at radius 2 is 1.89 bits per heavy atom. The second-order valence-corrected chi connectivity index (χ2v) is 6.11. The van der Waals surface area contributed by atoms with E-state index < -0.39 is 5.60 Å². The number of carbonyl (C=O) groups excluding carboxylic acids is 1. The van der Waals surface area contributed by atoms with E-state index in [0.717, 1.165) is 11.3 Å². The summed E-state index contributed by atoms with van der Waals surface area (Å²) in [7, 11) is 0. The lowest BCUT2D eigenvalue weighted by Gasteiger charge is -2.19. The van der Waals surface area contributed by atoms with E-state index in [1.54, 1.807) is 0 Å². The number of carbonyl (C=O) groups is 1. The van der Waals surface area contributed by atoms with Crippen molar-refractivity contribution in [2.75, 3.05) is 12.3 Å². The van der Waals surface area contributed by atoms with Gasteiger partial charge in [0.1, 0.15) is 5.60 Å². The molecule has 1 rings (SSSR count). The van der Waals surface area contributed by atoms with Gasteiger partial charge in [-0.2, -0.15) is 0 Å². The van der Waals surface area contributed by atoms with Crippen molar-refractivity contribution in [1.82, 2.24) is 0 Å². The molecule has 0 saturated heterocycles. The number of hydrogen-bond acceptors (Lipinski definition) is 4. The molecule has 0 bridgehead atoms. The molecule has 0 spiro atoms. The molecule has 0 heterocycles. The fraction of sp³-hybridized carbons (Fsp3) is 0.500. The summed E-state index contributed by atoms with van der Waals surface area (Å²) in [5.41, 5.74) is 6.30. The maximum Gasteiger partial charge on any atom is 0.316 e. The topological polar surface area (TPSA) is 52.3 Å². The average Bonchev–Trinajstić information content (AvgIpc) is 2.26. The molecule has 0 aliphatic carbocycles. The number of hydrogen-bond donors (Lipinski definition) is 1. The van der Waals surface area contributed by atoms with Crippen LogP contribution < -0.4 is 5.73 Å². The quantitative estimate of drug-likeness (QED) is 0.658. The molecular formula is C14H21NO2S. The lowest BCUT2D eigenvalue weighted by atomic mass is 10.2. The molecule has 0 atom stereocenters. The predicted octanol–water partition coefficient (Wildman–Crippen LogP) is 2.62. The summed E-state index contributed by atoms with van der Waals surface area (Å²) in [4.78, 5) is 12.6. The van der Waals surface area contributed by atoms with Gasteiger partial charge in [-0.05, 0) is 51.4 Å². The molecule has 1 aromatic rings. The minimum Gasteiger partial charge on any atom is -0.459 e. The van der Waals surface area contributed by atoms with Crippen LogP contribution in [0.15, 0.2) is 29.2 Å². The van der Waals surface area contributed by atoms with Crippen LogP contribution in [0.5, 0.6) is 0 Å². The van der Waals surface area contributed by atoms with Crippen molar-refractivity contribution in [3.8, 4) is 0 Å². The van der Waals surface area contributed by atoms with Crippen LogP contribution in [-0.2, 0) is 16.0 Å². The zero-order valence-corrected chi connectivity index (χ0v) is 12.0. The summed E-state index contributed by atoms with van der Waals surface area (Å²) >= 11 is 1.49. The fourth-order valence-corrected chi connectivity index (χ4v) is 2.10. The van der Waals surface area contributed by atoms with E-state index in [2.05, 4.69) is 0 Å². The van der Waals surface area contributed by atoms with Crippen molar-refractivity contribution in [3.63, 3.8) is 0 Å². The van der Waals surface area contributed by atoms with Gasteiger partial charge in [-0.15, -0.1) is 11.8 Å². The summed E-state index contributed by atoms with van der Waals surface area (Å²) in [6, 6.07) is 8.12. The van der Waals surface area contributed by atoms with Gasteiger partial charge in [0.2, 0.25) is 0 Å². The SMILES string of the molecule is CC(C)(C)OC(=O)CSc1ccc(CCN)cc1. The van der Waals surface area contributed by atoms with Gasteiger partial charge in [0.25, 0.3) is 0 Å². The van der Waals surface area contributed by atoms with E-state index >= 15 is 0 Å². The van der Waals surface area contributed by atoms with Gasteiger partial charge in [-0.25, -0.2) is 0 Å². The molecule has 0 saturated carbocycles. The Labute approximate surface area is 113 Å². The Morgan fingerprint density at radius 3 is 2.39 bits per heavy atom. The van der Waals surface area contributed by atoms with Crippen molar-refractivity contribution >= 4 is 17.7 Å². The van der Waals surface area contributed by atoms with Crippen LogP contribution in [0.1, 0.15) is 26.3 Å². The highest BCUT2D eigenvalue weighted by Crippen LogP contribution is 2.19. The van der Waals surface area contributed by atoms with E-state index in [-0.39, 0.29) is 5.97 Å². The minimum atomic E-state index is -0.414. The predicted molar refractivity (Wildman–Crippen MR) is 75.8 cm³/mol. The number of benzene rings is 1. The van der Waals surface area contributed by atoms with Gasteiger partial charge in [0.15, 0.2) is 0 Å². The van der Waals surface area contributed by atoms with Crippen LogP contribution in [0.2, 0.25) is 0 Å². The standard InChI is InChI=1S/C14H21NO2S/c1-14(2,3)17-13(16)10-18-12-6-4-11(5-7-12)8-9-15/h4-7H,8-10,15H2,1-3H3. The van der Waals surface area contributed by atoms with Crippen molar-refractivity contribution in [2.45, 2.75) is 37.7 Å². The number of ether oxygens (including phenoxy) is 1. The number of rotatable bonds is 5. The van der Waals surface area contributed by atoms with Gasteiger partial charge >= 0.3 is 5.97 Å². The van der Waals surface area contributed by atoms with E-state index in [9.17, 15) is 4.79 Å². The first-order valence-corrected chi connectivity index (χ1v) is 7.03. The molecule has 2 N–H and O–H groups in total. The van der Waals surface area contributed by atoms with Gasteiger partial charge in [0, 0.05) is 4.90 Å². The zero-order chi connectivity index (χ0) is 13.6. The largest absolute Gasteiger partial charge is 0.459 e. The van der Waals surface area contributed by atoms with Crippen LogP contribution in [-0.4, -0.2) is 23.9 Å². The minimum absolute atomic E-state index is 0.182. The Balaban J connectivity index is 2.41. The molecule has 3 nitrogen and oxygen atoms in total. The van der Waals surface area contributed by atoms with Crippen molar-refractivity contribution in [3.05, 3.63) is 29.8 Å². The molecule has 4 heteroatoms. The van der Waals surface area contributed by atoms with Gasteiger partial charge < -0.3 is 10.5 Å². The van der Waals surface area contributed by atoms with E-state index in [0.29, 0.717) is 12.3 Å². The Morgan fingerprint density at radius 1 is 1.28 bits per heavy atom.